The van der Waals surface area contributed by atoms with Gasteiger partial charge in [0.1, 0.15) is 23.8 Å². The van der Waals surface area contributed by atoms with Crippen molar-refractivity contribution >= 4 is 21.6 Å². The number of nitrogens with zero attached hydrogens (tertiary/aromatic N) is 4. The number of benzene rings is 1. The van der Waals surface area contributed by atoms with Gasteiger partial charge in [-0.3, -0.25) is 9.36 Å². The van der Waals surface area contributed by atoms with Gasteiger partial charge < -0.3 is 10.6 Å². The van der Waals surface area contributed by atoms with Crippen LogP contribution in [0.25, 0.3) is 5.82 Å². The van der Waals surface area contributed by atoms with Gasteiger partial charge in [0.25, 0.3) is 5.91 Å². The predicted octanol–water partition coefficient (Wildman–Crippen LogP) is 1.81. The molecule has 12 heteroatoms. The topological polar surface area (TPSA) is 119 Å². The molecule has 30 heavy (non-hydrogen) atoms. The van der Waals surface area contributed by atoms with Crippen molar-refractivity contribution in [3.05, 3.63) is 60.4 Å². The number of aromatic nitrogens is 4. The molecule has 0 aliphatic rings. The monoisotopic (exact) mass is 436 g/mol. The highest BCUT2D eigenvalue weighted by molar-refractivity contribution is 7.91. The van der Waals surface area contributed by atoms with E-state index in [1.54, 1.807) is 23.0 Å². The number of aryl methyl sites for hydroxylation is 1. The minimum atomic E-state index is -4.89. The molecule has 0 spiro atoms. The summed E-state index contributed by atoms with van der Waals surface area (Å²) in [4.78, 5) is 24.0. The number of carbonyl (C=O) groups excluding carboxylic acids is 1. The van der Waals surface area contributed by atoms with Crippen LogP contribution in [-0.4, -0.2) is 52.7 Å². The number of amides is 1. The lowest BCUT2D eigenvalue weighted by atomic mass is 10.2. The molecule has 0 radical (unpaired) electrons. The molecule has 0 unspecified atom stereocenters. The lowest BCUT2D eigenvalue weighted by Gasteiger charge is -2.11. The van der Waals surface area contributed by atoms with Crippen molar-refractivity contribution in [2.45, 2.75) is 17.6 Å². The van der Waals surface area contributed by atoms with E-state index >= 15 is 0 Å². The van der Waals surface area contributed by atoms with Crippen LogP contribution in [0.4, 0.5) is 14.6 Å². The van der Waals surface area contributed by atoms with E-state index in [2.05, 4.69) is 25.6 Å². The summed E-state index contributed by atoms with van der Waals surface area (Å²) in [5.74, 6) is -2.52. The summed E-state index contributed by atoms with van der Waals surface area (Å²) in [6, 6.07) is 6.54. The lowest BCUT2D eigenvalue weighted by molar-refractivity contribution is 0.0951. The molecule has 0 aliphatic carbocycles. The fraction of sp³-hybridized carbons (Fsp3) is 0.222. The Balaban J connectivity index is 1.61. The maximum Gasteiger partial charge on any atom is 0.341 e. The third kappa shape index (κ3) is 4.59. The van der Waals surface area contributed by atoms with Gasteiger partial charge in [-0.25, -0.2) is 23.4 Å². The van der Waals surface area contributed by atoms with Gasteiger partial charge in [-0.1, -0.05) is 12.1 Å². The van der Waals surface area contributed by atoms with Crippen molar-refractivity contribution in [2.75, 3.05) is 18.4 Å². The van der Waals surface area contributed by atoms with Crippen LogP contribution in [0.15, 0.2) is 53.9 Å². The normalized spacial score (nSPS) is 11.5. The zero-order valence-electron chi connectivity index (χ0n) is 15.8. The number of anilines is 1. The van der Waals surface area contributed by atoms with Crippen molar-refractivity contribution in [1.82, 2.24) is 24.8 Å². The Kier molecular flexibility index (Phi) is 6.35. The van der Waals surface area contributed by atoms with Gasteiger partial charge in [0, 0.05) is 31.5 Å². The summed E-state index contributed by atoms with van der Waals surface area (Å²) in [5.41, 5.74) is -0.335. The number of nitrogens with one attached hydrogen (secondary N) is 2. The number of imidazole rings is 1. The Morgan fingerprint density at radius 2 is 1.93 bits per heavy atom. The quantitative estimate of drug-likeness (QED) is 0.517. The Morgan fingerprint density at radius 1 is 1.17 bits per heavy atom. The van der Waals surface area contributed by atoms with E-state index < -0.39 is 26.4 Å². The highest BCUT2D eigenvalue weighted by Crippen LogP contribution is 2.22. The number of sulfone groups is 1. The van der Waals surface area contributed by atoms with Crippen LogP contribution in [0.1, 0.15) is 16.2 Å². The molecule has 2 N–H and O–H groups in total. The smallest absolute Gasteiger partial charge is 0.341 e. The van der Waals surface area contributed by atoms with E-state index in [4.69, 9.17) is 0 Å². The predicted molar refractivity (Wildman–Crippen MR) is 104 cm³/mol. The molecule has 3 rings (SSSR count). The van der Waals surface area contributed by atoms with E-state index in [1.165, 1.54) is 24.5 Å². The SMILES string of the molecule is Cc1nccn1-c1cc(NCCNC(=O)c2ccccc2S(=O)(=O)C(F)F)ncn1. The molecule has 2 aromatic heterocycles. The van der Waals surface area contributed by atoms with E-state index in [-0.39, 0.29) is 18.7 Å². The van der Waals surface area contributed by atoms with Gasteiger partial charge in [-0.05, 0) is 19.1 Å². The number of carbonyl (C=O) groups is 1. The van der Waals surface area contributed by atoms with E-state index in [1.807, 2.05) is 6.92 Å². The molecule has 0 saturated carbocycles. The van der Waals surface area contributed by atoms with Crippen LogP contribution >= 0.6 is 0 Å². The standard InChI is InChI=1S/C18H18F2N6O3S/c1-12-21-8-9-26(12)16-10-15(24-11-25-16)22-6-7-23-17(27)13-4-2-3-5-14(13)30(28,29)18(19)20/h2-5,8-11,18H,6-7H2,1H3,(H,23,27)(H,22,24,25). The first-order valence-electron chi connectivity index (χ1n) is 8.76. The lowest BCUT2D eigenvalue weighted by Crippen LogP contribution is -2.30. The van der Waals surface area contributed by atoms with Crippen LogP contribution in [0.3, 0.4) is 0 Å². The van der Waals surface area contributed by atoms with Gasteiger partial charge in [0.05, 0.1) is 10.5 Å². The highest BCUT2D eigenvalue weighted by atomic mass is 32.2. The van der Waals surface area contributed by atoms with Crippen LogP contribution in [0.2, 0.25) is 0 Å². The summed E-state index contributed by atoms with van der Waals surface area (Å²) in [5, 5.41) is 5.50. The van der Waals surface area contributed by atoms with E-state index in [0.717, 1.165) is 11.9 Å². The summed E-state index contributed by atoms with van der Waals surface area (Å²) >= 11 is 0. The van der Waals surface area contributed by atoms with E-state index in [9.17, 15) is 22.0 Å². The van der Waals surface area contributed by atoms with Crippen LogP contribution in [-0.2, 0) is 9.84 Å². The molecule has 0 bridgehead atoms. The van der Waals surface area contributed by atoms with Gasteiger partial charge in [0.2, 0.25) is 9.84 Å². The highest BCUT2D eigenvalue weighted by Gasteiger charge is 2.30. The Hall–Kier alpha value is -3.41. The van der Waals surface area contributed by atoms with Gasteiger partial charge >= 0.3 is 5.76 Å². The average molecular weight is 436 g/mol. The van der Waals surface area contributed by atoms with Gasteiger partial charge in [-0.2, -0.15) is 8.78 Å². The Labute approximate surface area is 171 Å². The average Bonchev–Trinajstić information content (AvgIpc) is 3.17. The third-order valence-corrected chi connectivity index (χ3v) is 5.55. The molecule has 0 fully saturated rings. The number of hydrogen-bond acceptors (Lipinski definition) is 7. The molecule has 1 aromatic carbocycles. The molecule has 0 aliphatic heterocycles. The van der Waals surface area contributed by atoms with Gasteiger partial charge in [-0.15, -0.1) is 0 Å². The number of alkyl halides is 2. The van der Waals surface area contributed by atoms with Crippen LogP contribution in [0, 0.1) is 6.92 Å². The second-order valence-electron chi connectivity index (χ2n) is 6.09. The second-order valence-corrected chi connectivity index (χ2v) is 7.98. The molecule has 0 atom stereocenters. The largest absolute Gasteiger partial charge is 0.368 e. The molecular weight excluding hydrogens is 418 g/mol. The minimum Gasteiger partial charge on any atom is -0.368 e. The summed E-state index contributed by atoms with van der Waals surface area (Å²) in [6.45, 7) is 2.19. The summed E-state index contributed by atoms with van der Waals surface area (Å²) in [6.07, 6.45) is 4.78. The maximum absolute atomic E-state index is 12.8. The molecule has 9 nitrogen and oxygen atoms in total. The van der Waals surface area contributed by atoms with E-state index in [0.29, 0.717) is 11.6 Å². The Morgan fingerprint density at radius 3 is 2.63 bits per heavy atom. The zero-order valence-corrected chi connectivity index (χ0v) is 16.6. The van der Waals surface area contributed by atoms with Gasteiger partial charge in [0.15, 0.2) is 0 Å². The molecule has 3 aromatic rings. The molecule has 2 heterocycles. The van der Waals surface area contributed by atoms with Crippen molar-refractivity contribution < 1.29 is 22.0 Å². The van der Waals surface area contributed by atoms with Crippen molar-refractivity contribution in [3.63, 3.8) is 0 Å². The number of halogens is 2. The Bertz CT molecular complexity index is 1150. The first-order chi connectivity index (χ1) is 14.3. The number of rotatable bonds is 8. The van der Waals surface area contributed by atoms with Crippen molar-refractivity contribution in [3.8, 4) is 5.82 Å². The number of hydrogen-bond donors (Lipinski definition) is 2. The second kappa shape index (κ2) is 8.95. The van der Waals surface area contributed by atoms with Crippen LogP contribution < -0.4 is 10.6 Å². The third-order valence-electron chi connectivity index (χ3n) is 4.11. The molecule has 158 valence electrons. The van der Waals surface area contributed by atoms with Crippen molar-refractivity contribution in [2.24, 2.45) is 0 Å². The summed E-state index contributed by atoms with van der Waals surface area (Å²) in [7, 11) is -4.89. The fourth-order valence-electron chi connectivity index (χ4n) is 2.66. The minimum absolute atomic E-state index is 0.103. The first kappa shape index (κ1) is 21.3. The van der Waals surface area contributed by atoms with Crippen LogP contribution in [0.5, 0.6) is 0 Å². The van der Waals surface area contributed by atoms with Crippen molar-refractivity contribution in [1.29, 1.82) is 0 Å². The summed E-state index contributed by atoms with van der Waals surface area (Å²) < 4.78 is 51.0. The molecular formula is C18H18F2N6O3S. The molecule has 1 amide bonds. The zero-order chi connectivity index (χ0) is 21.7. The maximum atomic E-state index is 12.8. The fourth-order valence-corrected chi connectivity index (χ4v) is 3.58. The molecule has 0 saturated heterocycles. The first-order valence-corrected chi connectivity index (χ1v) is 10.3.